The van der Waals surface area contributed by atoms with Crippen LogP contribution in [0.4, 0.5) is 0 Å². The summed E-state index contributed by atoms with van der Waals surface area (Å²) in [7, 11) is 0. The normalized spacial score (nSPS) is 42.5. The molecule has 2 saturated carbocycles. The van der Waals surface area contributed by atoms with E-state index in [0.717, 1.165) is 24.7 Å². The molecule has 2 nitrogen and oxygen atoms in total. The van der Waals surface area contributed by atoms with Crippen molar-refractivity contribution in [3.05, 3.63) is 0 Å². The van der Waals surface area contributed by atoms with Crippen LogP contribution in [0, 0.1) is 11.8 Å². The predicted octanol–water partition coefficient (Wildman–Crippen LogP) is 2.80. The maximum Gasteiger partial charge on any atom is 0.0540 e. The Balaban J connectivity index is 1.78. The molecule has 0 amide bonds. The molecule has 0 aliphatic heterocycles. The summed E-state index contributed by atoms with van der Waals surface area (Å²) in [6.07, 6.45) is 9.72. The van der Waals surface area contributed by atoms with Gasteiger partial charge in [-0.05, 0) is 69.9 Å². The second-order valence-corrected chi connectivity index (χ2v) is 5.32. The van der Waals surface area contributed by atoms with E-state index in [0.29, 0.717) is 6.04 Å². The third-order valence-corrected chi connectivity index (χ3v) is 4.41. The quantitative estimate of drug-likeness (QED) is 0.697. The molecule has 0 aromatic rings. The first-order chi connectivity index (χ1) is 7.29. The number of hydrogen-bond donors (Lipinski definition) is 1. The lowest BCUT2D eigenvalue weighted by Gasteiger charge is -2.35. The van der Waals surface area contributed by atoms with Gasteiger partial charge in [-0.2, -0.15) is 0 Å². The number of aliphatic hydroxyl groups excluding tert-OH is 1. The molecule has 1 N–H and O–H groups in total. The molecule has 86 valence electrons. The molecule has 2 fully saturated rings. The number of rotatable bonds is 2. The van der Waals surface area contributed by atoms with Gasteiger partial charge in [0.05, 0.1) is 6.10 Å². The van der Waals surface area contributed by atoms with E-state index in [-0.39, 0.29) is 6.10 Å². The SMILES string of the molecule is C=N[C@H]1CC[C@H]([C@H]2CC[C@H](O)CC2)CC1. The standard InChI is InChI=1S/C13H23NO/c1-14-12-6-2-10(3-7-12)11-4-8-13(15)9-5-11/h10-13,15H,1-9H2/t10-,11-,12-,13-. The summed E-state index contributed by atoms with van der Waals surface area (Å²) in [4.78, 5) is 4.15. The Bertz CT molecular complexity index is 201. The number of aliphatic hydroxyl groups is 1. The molecule has 0 radical (unpaired) electrons. The summed E-state index contributed by atoms with van der Waals surface area (Å²) in [5.74, 6) is 1.80. The van der Waals surface area contributed by atoms with Crippen molar-refractivity contribution in [3.63, 3.8) is 0 Å². The molecule has 0 aromatic carbocycles. The smallest absolute Gasteiger partial charge is 0.0540 e. The average Bonchev–Trinajstić information content (AvgIpc) is 2.30. The summed E-state index contributed by atoms with van der Waals surface area (Å²) in [6, 6.07) is 0.537. The molecule has 2 rings (SSSR count). The lowest BCUT2D eigenvalue weighted by molar-refractivity contribution is 0.0808. The Kier molecular flexibility index (Phi) is 3.79. The lowest BCUT2D eigenvalue weighted by atomic mass is 9.72. The van der Waals surface area contributed by atoms with Crippen molar-refractivity contribution in [2.45, 2.75) is 63.5 Å². The minimum atomic E-state index is -0.00701. The lowest BCUT2D eigenvalue weighted by Crippen LogP contribution is -2.28. The fourth-order valence-corrected chi connectivity index (χ4v) is 3.33. The summed E-state index contributed by atoms with van der Waals surface area (Å²) in [6.45, 7) is 3.65. The van der Waals surface area contributed by atoms with Gasteiger partial charge in [0.1, 0.15) is 0 Å². The van der Waals surface area contributed by atoms with Gasteiger partial charge in [-0.25, -0.2) is 0 Å². The Morgan fingerprint density at radius 1 is 0.800 bits per heavy atom. The predicted molar refractivity (Wildman–Crippen MR) is 63.3 cm³/mol. The van der Waals surface area contributed by atoms with Gasteiger partial charge in [0.2, 0.25) is 0 Å². The van der Waals surface area contributed by atoms with Gasteiger partial charge < -0.3 is 5.11 Å². The summed E-state index contributed by atoms with van der Waals surface area (Å²) in [5.41, 5.74) is 0. The van der Waals surface area contributed by atoms with Crippen LogP contribution in [-0.2, 0) is 0 Å². The summed E-state index contributed by atoms with van der Waals surface area (Å²) >= 11 is 0. The van der Waals surface area contributed by atoms with Crippen LogP contribution in [0.3, 0.4) is 0 Å². The molecule has 0 atom stereocenters. The van der Waals surface area contributed by atoms with Crippen molar-refractivity contribution in [1.29, 1.82) is 0 Å². The molecule has 2 aliphatic rings. The van der Waals surface area contributed by atoms with Crippen LogP contribution in [0.25, 0.3) is 0 Å². The Labute approximate surface area is 92.8 Å². The zero-order valence-corrected chi connectivity index (χ0v) is 9.57. The molecule has 0 unspecified atom stereocenters. The molecular formula is C13H23NO. The third kappa shape index (κ3) is 2.81. The molecule has 2 aliphatic carbocycles. The average molecular weight is 209 g/mol. The Morgan fingerprint density at radius 2 is 1.27 bits per heavy atom. The van der Waals surface area contributed by atoms with Crippen LogP contribution in [0.5, 0.6) is 0 Å². The van der Waals surface area contributed by atoms with E-state index < -0.39 is 0 Å². The van der Waals surface area contributed by atoms with Crippen molar-refractivity contribution in [3.8, 4) is 0 Å². The van der Waals surface area contributed by atoms with Gasteiger partial charge in [-0.3, -0.25) is 4.99 Å². The van der Waals surface area contributed by atoms with Gasteiger partial charge in [-0.1, -0.05) is 0 Å². The van der Waals surface area contributed by atoms with Gasteiger partial charge in [0.25, 0.3) is 0 Å². The molecule has 0 bridgehead atoms. The van der Waals surface area contributed by atoms with E-state index in [9.17, 15) is 5.11 Å². The summed E-state index contributed by atoms with van der Waals surface area (Å²) in [5, 5.41) is 9.48. The number of hydrogen-bond acceptors (Lipinski definition) is 2. The number of nitrogens with zero attached hydrogens (tertiary/aromatic N) is 1. The van der Waals surface area contributed by atoms with E-state index in [4.69, 9.17) is 0 Å². The molecule has 0 aromatic heterocycles. The van der Waals surface area contributed by atoms with Gasteiger partial charge >= 0.3 is 0 Å². The first-order valence-corrected chi connectivity index (χ1v) is 6.43. The fraction of sp³-hybridized carbons (Fsp3) is 0.923. The highest BCUT2D eigenvalue weighted by Gasteiger charge is 2.29. The largest absolute Gasteiger partial charge is 0.393 e. The van der Waals surface area contributed by atoms with E-state index in [1.165, 1.54) is 38.5 Å². The zero-order chi connectivity index (χ0) is 10.7. The van der Waals surface area contributed by atoms with Crippen molar-refractivity contribution in [1.82, 2.24) is 0 Å². The maximum atomic E-state index is 9.48. The van der Waals surface area contributed by atoms with Crippen molar-refractivity contribution in [2.24, 2.45) is 16.8 Å². The fourth-order valence-electron chi connectivity index (χ4n) is 3.33. The first kappa shape index (κ1) is 11.1. The maximum absolute atomic E-state index is 9.48. The molecule has 15 heavy (non-hydrogen) atoms. The molecule has 0 spiro atoms. The highest BCUT2D eigenvalue weighted by atomic mass is 16.3. The van der Waals surface area contributed by atoms with E-state index in [1.807, 2.05) is 0 Å². The van der Waals surface area contributed by atoms with Gasteiger partial charge in [0.15, 0.2) is 0 Å². The van der Waals surface area contributed by atoms with Crippen LogP contribution >= 0.6 is 0 Å². The molecule has 0 heterocycles. The Morgan fingerprint density at radius 3 is 1.73 bits per heavy atom. The molecular weight excluding hydrogens is 186 g/mol. The second kappa shape index (κ2) is 5.11. The molecule has 2 heteroatoms. The van der Waals surface area contributed by atoms with Crippen molar-refractivity contribution >= 4 is 6.72 Å². The molecule has 0 saturated heterocycles. The van der Waals surface area contributed by atoms with Crippen molar-refractivity contribution in [2.75, 3.05) is 0 Å². The van der Waals surface area contributed by atoms with Crippen molar-refractivity contribution < 1.29 is 5.11 Å². The van der Waals surface area contributed by atoms with E-state index >= 15 is 0 Å². The van der Waals surface area contributed by atoms with Gasteiger partial charge in [-0.15, -0.1) is 0 Å². The van der Waals surface area contributed by atoms with Crippen LogP contribution < -0.4 is 0 Å². The highest BCUT2D eigenvalue weighted by Crippen LogP contribution is 2.38. The first-order valence-electron chi connectivity index (χ1n) is 6.43. The minimum absolute atomic E-state index is 0.00701. The topological polar surface area (TPSA) is 32.6 Å². The third-order valence-electron chi connectivity index (χ3n) is 4.41. The van der Waals surface area contributed by atoms with Crippen LogP contribution in [0.1, 0.15) is 51.4 Å². The minimum Gasteiger partial charge on any atom is -0.393 e. The van der Waals surface area contributed by atoms with Crippen LogP contribution in [-0.4, -0.2) is 24.0 Å². The highest BCUT2D eigenvalue weighted by molar-refractivity contribution is 5.24. The summed E-state index contributed by atoms with van der Waals surface area (Å²) < 4.78 is 0. The second-order valence-electron chi connectivity index (χ2n) is 5.32. The number of aliphatic imine (C=N–C) groups is 1. The monoisotopic (exact) mass is 209 g/mol. The zero-order valence-electron chi connectivity index (χ0n) is 9.57. The van der Waals surface area contributed by atoms with Crippen LogP contribution in [0.15, 0.2) is 4.99 Å². The van der Waals surface area contributed by atoms with Gasteiger partial charge in [0, 0.05) is 6.04 Å². The van der Waals surface area contributed by atoms with E-state index in [2.05, 4.69) is 11.7 Å². The van der Waals surface area contributed by atoms with Crippen LogP contribution in [0.2, 0.25) is 0 Å². The Hall–Kier alpha value is -0.370. The van der Waals surface area contributed by atoms with E-state index in [1.54, 1.807) is 0 Å².